The second kappa shape index (κ2) is 10.1. The Kier molecular flexibility index (Phi) is 6.84. The van der Waals surface area contributed by atoms with Crippen molar-refractivity contribution in [3.63, 3.8) is 0 Å². The molecule has 0 aliphatic carbocycles. The quantitative estimate of drug-likeness (QED) is 0.399. The minimum atomic E-state index is -0.483. The van der Waals surface area contributed by atoms with Crippen molar-refractivity contribution in [1.29, 1.82) is 0 Å². The van der Waals surface area contributed by atoms with E-state index in [1.807, 2.05) is 31.2 Å². The van der Waals surface area contributed by atoms with Gasteiger partial charge in [0.1, 0.15) is 17.1 Å². The van der Waals surface area contributed by atoms with E-state index < -0.39 is 5.97 Å². The molecule has 0 bridgehead atoms. The Morgan fingerprint density at radius 3 is 2.73 bits per heavy atom. The van der Waals surface area contributed by atoms with Crippen LogP contribution in [0.2, 0.25) is 0 Å². The Hall–Kier alpha value is -3.92. The molecule has 0 fully saturated rings. The van der Waals surface area contributed by atoms with Crippen molar-refractivity contribution in [2.75, 3.05) is 5.32 Å². The molecule has 1 N–H and O–H groups in total. The topological polar surface area (TPSA) is 116 Å². The molecular weight excluding hydrogens is 442 g/mol. The van der Waals surface area contributed by atoms with E-state index in [0.717, 1.165) is 15.9 Å². The van der Waals surface area contributed by atoms with Crippen LogP contribution in [0.3, 0.4) is 0 Å². The lowest BCUT2D eigenvalue weighted by molar-refractivity contribution is -0.145. The molecule has 0 saturated heterocycles. The molecule has 2 aromatic carbocycles. The van der Waals surface area contributed by atoms with Crippen LogP contribution in [0.25, 0.3) is 10.9 Å². The molecule has 0 atom stereocenters. The lowest BCUT2D eigenvalue weighted by atomic mass is 10.2. The number of esters is 1. The number of carbonyl (C=O) groups is 2. The second-order valence-corrected chi connectivity index (χ2v) is 8.31. The molecule has 0 aliphatic rings. The van der Waals surface area contributed by atoms with E-state index in [2.05, 4.69) is 20.6 Å². The first-order chi connectivity index (χ1) is 16.0. The molecule has 2 aromatic heterocycles. The Balaban J connectivity index is 1.25. The summed E-state index contributed by atoms with van der Waals surface area (Å²) >= 11 is 1.33. The first kappa shape index (κ1) is 22.3. The van der Waals surface area contributed by atoms with Crippen LogP contribution in [-0.4, -0.2) is 31.9 Å². The highest BCUT2D eigenvalue weighted by Crippen LogP contribution is 2.14. The van der Waals surface area contributed by atoms with Gasteiger partial charge in [-0.3, -0.25) is 14.4 Å². The molecule has 4 rings (SSSR count). The average Bonchev–Trinajstić information content (AvgIpc) is 3.26. The summed E-state index contributed by atoms with van der Waals surface area (Å²) in [7, 11) is 0. The number of anilines is 1. The Bertz CT molecular complexity index is 1350. The number of ether oxygens (including phenoxy) is 1. The number of aryl methyl sites for hydroxylation is 2. The number of aromatic nitrogens is 4. The summed E-state index contributed by atoms with van der Waals surface area (Å²) in [6.07, 6.45) is 0.110. The number of thiazole rings is 1. The summed E-state index contributed by atoms with van der Waals surface area (Å²) in [5, 5.41) is 13.5. The number of hydrogen-bond acceptors (Lipinski definition) is 8. The van der Waals surface area contributed by atoms with Crippen molar-refractivity contribution < 1.29 is 14.3 Å². The van der Waals surface area contributed by atoms with E-state index in [-0.39, 0.29) is 37.5 Å². The van der Waals surface area contributed by atoms with E-state index in [0.29, 0.717) is 21.6 Å². The molecule has 168 valence electrons. The van der Waals surface area contributed by atoms with Crippen molar-refractivity contribution in [2.24, 2.45) is 0 Å². The van der Waals surface area contributed by atoms with Crippen LogP contribution in [-0.2, 0) is 33.9 Å². The highest BCUT2D eigenvalue weighted by molar-refractivity contribution is 7.09. The minimum Gasteiger partial charge on any atom is -0.459 e. The van der Waals surface area contributed by atoms with Gasteiger partial charge in [0.05, 0.1) is 30.5 Å². The van der Waals surface area contributed by atoms with Crippen LogP contribution >= 0.6 is 11.3 Å². The fraction of sp³-hybridized carbons (Fsp3) is 0.217. The molecule has 2 heterocycles. The van der Waals surface area contributed by atoms with E-state index in [9.17, 15) is 14.4 Å². The number of benzene rings is 2. The number of amides is 1. The SMILES string of the molecule is Cc1ccc(NC(=O)Cc2nc(COC(=O)CCn3nnc4ccccc4c3=O)cs2)cc1. The number of carbonyl (C=O) groups excluding carboxylic acids is 2. The van der Waals surface area contributed by atoms with Gasteiger partial charge in [0.2, 0.25) is 5.91 Å². The molecule has 0 radical (unpaired) electrons. The van der Waals surface area contributed by atoms with Crippen LogP contribution in [0, 0.1) is 6.92 Å². The van der Waals surface area contributed by atoms with Gasteiger partial charge < -0.3 is 10.1 Å². The van der Waals surface area contributed by atoms with Crippen molar-refractivity contribution in [1.82, 2.24) is 20.0 Å². The third-order valence-corrected chi connectivity index (χ3v) is 5.68. The van der Waals surface area contributed by atoms with Gasteiger partial charge in [-0.25, -0.2) is 9.67 Å². The van der Waals surface area contributed by atoms with Crippen LogP contribution in [0.1, 0.15) is 22.7 Å². The number of rotatable bonds is 8. The van der Waals surface area contributed by atoms with E-state index in [1.54, 1.807) is 29.6 Å². The predicted molar refractivity (Wildman–Crippen MR) is 124 cm³/mol. The third kappa shape index (κ3) is 5.86. The monoisotopic (exact) mass is 463 g/mol. The van der Waals surface area contributed by atoms with Crippen LogP contribution in [0.15, 0.2) is 58.7 Å². The van der Waals surface area contributed by atoms with Crippen molar-refractivity contribution in [2.45, 2.75) is 32.9 Å². The molecule has 0 aliphatic heterocycles. The minimum absolute atomic E-state index is 0.00673. The lowest BCUT2D eigenvalue weighted by Gasteiger charge is -2.05. The molecule has 1 amide bonds. The first-order valence-corrected chi connectivity index (χ1v) is 11.1. The molecule has 0 unspecified atom stereocenters. The molecule has 9 nitrogen and oxygen atoms in total. The second-order valence-electron chi connectivity index (χ2n) is 7.37. The van der Waals surface area contributed by atoms with Crippen LogP contribution in [0.4, 0.5) is 5.69 Å². The zero-order valence-corrected chi connectivity index (χ0v) is 18.7. The van der Waals surface area contributed by atoms with E-state index >= 15 is 0 Å². The van der Waals surface area contributed by atoms with Gasteiger partial charge in [0.15, 0.2) is 0 Å². The van der Waals surface area contributed by atoms with Gasteiger partial charge in [-0.1, -0.05) is 35.0 Å². The molecule has 0 saturated carbocycles. The van der Waals surface area contributed by atoms with Crippen molar-refractivity contribution >= 4 is 39.8 Å². The summed E-state index contributed by atoms with van der Waals surface area (Å²) in [5.41, 5.74) is 2.61. The van der Waals surface area contributed by atoms with Gasteiger partial charge in [-0.2, -0.15) is 0 Å². The largest absolute Gasteiger partial charge is 0.459 e. The molecule has 4 aromatic rings. The van der Waals surface area contributed by atoms with Crippen LogP contribution in [0.5, 0.6) is 0 Å². The number of nitrogens with zero attached hydrogens (tertiary/aromatic N) is 4. The highest BCUT2D eigenvalue weighted by atomic mass is 32.1. The molecule has 33 heavy (non-hydrogen) atoms. The van der Waals surface area contributed by atoms with Crippen LogP contribution < -0.4 is 10.9 Å². The fourth-order valence-electron chi connectivity index (χ4n) is 3.07. The number of nitrogens with one attached hydrogen (secondary N) is 1. The first-order valence-electron chi connectivity index (χ1n) is 10.3. The third-order valence-electron chi connectivity index (χ3n) is 4.78. The summed E-state index contributed by atoms with van der Waals surface area (Å²) in [6.45, 7) is 2.04. The zero-order chi connectivity index (χ0) is 23.2. The molecular formula is C23H21N5O4S. The Morgan fingerprint density at radius 2 is 1.91 bits per heavy atom. The average molecular weight is 464 g/mol. The molecule has 10 heteroatoms. The normalized spacial score (nSPS) is 10.8. The summed E-state index contributed by atoms with van der Waals surface area (Å²) in [4.78, 5) is 41.1. The Labute approximate surface area is 193 Å². The predicted octanol–water partition coefficient (Wildman–Crippen LogP) is 2.87. The lowest BCUT2D eigenvalue weighted by Crippen LogP contribution is -2.25. The van der Waals surface area contributed by atoms with E-state index in [4.69, 9.17) is 4.74 Å². The van der Waals surface area contributed by atoms with Gasteiger partial charge in [0.25, 0.3) is 5.56 Å². The zero-order valence-electron chi connectivity index (χ0n) is 17.9. The highest BCUT2D eigenvalue weighted by Gasteiger charge is 2.12. The fourth-order valence-corrected chi connectivity index (χ4v) is 3.85. The van der Waals surface area contributed by atoms with Crippen molar-refractivity contribution in [3.05, 3.63) is 80.5 Å². The maximum absolute atomic E-state index is 12.4. The summed E-state index contributed by atoms with van der Waals surface area (Å²) in [6, 6.07) is 14.4. The number of fused-ring (bicyclic) bond motifs is 1. The van der Waals surface area contributed by atoms with E-state index in [1.165, 1.54) is 11.3 Å². The van der Waals surface area contributed by atoms with Gasteiger partial charge in [-0.05, 0) is 31.2 Å². The van der Waals surface area contributed by atoms with Gasteiger partial charge >= 0.3 is 5.97 Å². The maximum atomic E-state index is 12.4. The Morgan fingerprint density at radius 1 is 1.12 bits per heavy atom. The summed E-state index contributed by atoms with van der Waals surface area (Å²) in [5.74, 6) is -0.651. The van der Waals surface area contributed by atoms with Gasteiger partial charge in [-0.15, -0.1) is 16.4 Å². The smallest absolute Gasteiger partial charge is 0.308 e. The van der Waals surface area contributed by atoms with Gasteiger partial charge in [0, 0.05) is 11.1 Å². The molecule has 0 spiro atoms. The standard InChI is InChI=1S/C23H21N5O4S/c1-15-6-8-16(9-7-15)24-20(29)12-21-25-17(14-33-21)13-32-22(30)10-11-28-23(31)18-4-2-3-5-19(18)26-27-28/h2-9,14H,10-13H2,1H3,(H,24,29). The summed E-state index contributed by atoms with van der Waals surface area (Å²) < 4.78 is 6.39. The number of hydrogen-bond donors (Lipinski definition) is 1. The maximum Gasteiger partial charge on any atom is 0.308 e. The van der Waals surface area contributed by atoms with Crippen molar-refractivity contribution in [3.8, 4) is 0 Å².